The van der Waals surface area contributed by atoms with Gasteiger partial charge in [0.25, 0.3) is 0 Å². The normalized spacial score (nSPS) is 40.6. The van der Waals surface area contributed by atoms with Crippen molar-refractivity contribution < 1.29 is 14.6 Å². The Kier molecular flexibility index (Phi) is 2.48. The summed E-state index contributed by atoms with van der Waals surface area (Å²) in [6.45, 7) is 5.27. The van der Waals surface area contributed by atoms with E-state index in [4.69, 9.17) is 9.47 Å². The minimum atomic E-state index is -0.740. The van der Waals surface area contributed by atoms with Crippen LogP contribution in [0.2, 0.25) is 0 Å². The van der Waals surface area contributed by atoms with Crippen molar-refractivity contribution >= 4 is 0 Å². The third-order valence-corrected chi connectivity index (χ3v) is 6.88. The van der Waals surface area contributed by atoms with Crippen LogP contribution in [0.5, 0.6) is 11.5 Å². The molecule has 1 saturated heterocycles. The van der Waals surface area contributed by atoms with Crippen LogP contribution in [-0.2, 0) is 11.8 Å². The first kappa shape index (κ1) is 13.9. The molecule has 2 bridgehead atoms. The van der Waals surface area contributed by atoms with E-state index in [9.17, 15) is 5.11 Å². The van der Waals surface area contributed by atoms with Crippen LogP contribution in [0.15, 0.2) is 24.3 Å². The molecule has 4 atom stereocenters. The monoisotopic (exact) mass is 313 g/mol. The minimum absolute atomic E-state index is 0.122. The molecular formula is C19H23NO3. The summed E-state index contributed by atoms with van der Waals surface area (Å²) in [5, 5.41) is 11.9. The molecule has 1 aromatic carbocycles. The number of ether oxygens (including phenoxy) is 2. The van der Waals surface area contributed by atoms with Crippen LogP contribution in [0, 0.1) is 0 Å². The molecule has 0 aromatic heterocycles. The fourth-order valence-corrected chi connectivity index (χ4v) is 5.81. The molecule has 2 aliphatic heterocycles. The van der Waals surface area contributed by atoms with Gasteiger partial charge in [0.05, 0.1) is 18.1 Å². The molecular weight excluding hydrogens is 290 g/mol. The molecule has 4 heteroatoms. The van der Waals surface area contributed by atoms with Gasteiger partial charge in [0.15, 0.2) is 11.5 Å². The lowest BCUT2D eigenvalue weighted by Gasteiger charge is -2.62. The second-order valence-electron chi connectivity index (χ2n) is 7.63. The van der Waals surface area contributed by atoms with Crippen molar-refractivity contribution in [3.05, 3.63) is 35.4 Å². The molecule has 1 unspecified atom stereocenters. The van der Waals surface area contributed by atoms with E-state index < -0.39 is 5.60 Å². The first-order valence-corrected chi connectivity index (χ1v) is 8.50. The lowest BCUT2D eigenvalue weighted by molar-refractivity contribution is -0.168. The van der Waals surface area contributed by atoms with Crippen molar-refractivity contribution in [1.82, 2.24) is 4.90 Å². The maximum Gasteiger partial charge on any atom is 0.166 e. The molecule has 0 radical (unpaired) electrons. The summed E-state index contributed by atoms with van der Waals surface area (Å²) in [4.78, 5) is 2.33. The molecule has 1 aromatic rings. The molecule has 5 rings (SSSR count). The zero-order chi connectivity index (χ0) is 16.0. The van der Waals surface area contributed by atoms with Crippen molar-refractivity contribution in [2.24, 2.45) is 0 Å². The number of hydrogen-bond acceptors (Lipinski definition) is 4. The van der Waals surface area contributed by atoms with Crippen LogP contribution in [0.1, 0.15) is 30.4 Å². The highest BCUT2D eigenvalue weighted by Gasteiger charge is 2.71. The van der Waals surface area contributed by atoms with Crippen LogP contribution >= 0.6 is 0 Å². The van der Waals surface area contributed by atoms with Crippen molar-refractivity contribution in [3.63, 3.8) is 0 Å². The molecule has 23 heavy (non-hydrogen) atoms. The molecule has 4 aliphatic rings. The Morgan fingerprint density at radius 1 is 1.39 bits per heavy atom. The van der Waals surface area contributed by atoms with Gasteiger partial charge in [-0.25, -0.2) is 0 Å². The fraction of sp³-hybridized carbons (Fsp3) is 0.579. The van der Waals surface area contributed by atoms with Crippen molar-refractivity contribution in [1.29, 1.82) is 0 Å². The zero-order valence-corrected chi connectivity index (χ0v) is 13.8. The lowest BCUT2D eigenvalue weighted by atomic mass is 9.48. The van der Waals surface area contributed by atoms with Gasteiger partial charge in [-0.05, 0) is 56.5 Å². The van der Waals surface area contributed by atoms with Crippen LogP contribution in [0.25, 0.3) is 0 Å². The fourth-order valence-electron chi connectivity index (χ4n) is 5.81. The molecule has 1 N–H and O–H groups in total. The number of hydrogen-bond donors (Lipinski definition) is 1. The molecule has 0 amide bonds. The summed E-state index contributed by atoms with van der Waals surface area (Å²) in [7, 11) is 3.82. The predicted molar refractivity (Wildman–Crippen MR) is 87.2 cm³/mol. The number of piperidine rings is 1. The molecule has 1 spiro atoms. The SMILES string of the molecule is C=C1CC[C@@]2(O)[C@H]3Cc4ccc(OC)c5c4[C@@]2(CCN3C)C1O5. The van der Waals surface area contributed by atoms with Gasteiger partial charge in [-0.2, -0.15) is 0 Å². The summed E-state index contributed by atoms with van der Waals surface area (Å²) in [6.07, 6.45) is 3.27. The van der Waals surface area contributed by atoms with E-state index in [1.807, 2.05) is 6.07 Å². The minimum Gasteiger partial charge on any atom is -0.493 e. The summed E-state index contributed by atoms with van der Waals surface area (Å²) < 4.78 is 12.0. The number of likely N-dealkylation sites (N-methyl/N-ethyl adjacent to an activating group) is 1. The zero-order valence-electron chi connectivity index (χ0n) is 13.8. The molecule has 122 valence electrons. The first-order valence-electron chi connectivity index (χ1n) is 8.50. The Bertz CT molecular complexity index is 730. The summed E-state index contributed by atoms with van der Waals surface area (Å²) >= 11 is 0. The Morgan fingerprint density at radius 3 is 3.00 bits per heavy atom. The average molecular weight is 313 g/mol. The van der Waals surface area contributed by atoms with Crippen molar-refractivity contribution in [3.8, 4) is 11.5 Å². The maximum absolute atomic E-state index is 11.9. The van der Waals surface area contributed by atoms with E-state index in [0.29, 0.717) is 0 Å². The third-order valence-electron chi connectivity index (χ3n) is 6.88. The smallest absolute Gasteiger partial charge is 0.166 e. The highest BCUT2D eigenvalue weighted by atomic mass is 16.5. The van der Waals surface area contributed by atoms with Gasteiger partial charge in [-0.1, -0.05) is 12.6 Å². The number of rotatable bonds is 1. The largest absolute Gasteiger partial charge is 0.493 e. The molecule has 1 saturated carbocycles. The van der Waals surface area contributed by atoms with Gasteiger partial charge in [0, 0.05) is 11.6 Å². The first-order chi connectivity index (χ1) is 11.0. The van der Waals surface area contributed by atoms with Crippen LogP contribution in [-0.4, -0.2) is 48.5 Å². The second-order valence-corrected chi connectivity index (χ2v) is 7.63. The number of likely N-dealkylation sites (tertiary alicyclic amines) is 1. The standard InChI is InChI=1S/C19H23NO3/c1-11-6-7-19(21)14-10-12-4-5-13(22-3)16-15(12)18(19,17(11)23-16)8-9-20(14)2/h4-5,14,17,21H,1,6-10H2,2-3H3/t14-,17?,18+,19-/m1/s1. The quantitative estimate of drug-likeness (QED) is 0.806. The van der Waals surface area contributed by atoms with Gasteiger partial charge in [0.2, 0.25) is 0 Å². The van der Waals surface area contributed by atoms with Gasteiger partial charge in [0.1, 0.15) is 6.10 Å². The van der Waals surface area contributed by atoms with Crippen LogP contribution in [0.4, 0.5) is 0 Å². The summed E-state index contributed by atoms with van der Waals surface area (Å²) in [5.74, 6) is 1.62. The molecule has 4 nitrogen and oxygen atoms in total. The van der Waals surface area contributed by atoms with E-state index >= 15 is 0 Å². The Morgan fingerprint density at radius 2 is 2.22 bits per heavy atom. The second kappa shape index (κ2) is 4.11. The highest BCUT2D eigenvalue weighted by Crippen LogP contribution is 2.65. The number of aliphatic hydroxyl groups is 1. The van der Waals surface area contributed by atoms with E-state index in [1.165, 1.54) is 11.1 Å². The van der Waals surface area contributed by atoms with Crippen LogP contribution in [0.3, 0.4) is 0 Å². The van der Waals surface area contributed by atoms with E-state index in [0.717, 1.165) is 49.3 Å². The Labute approximate surface area is 136 Å². The van der Waals surface area contributed by atoms with E-state index in [2.05, 4.69) is 24.6 Å². The van der Waals surface area contributed by atoms with Gasteiger partial charge in [-0.15, -0.1) is 0 Å². The van der Waals surface area contributed by atoms with E-state index in [-0.39, 0.29) is 17.6 Å². The summed E-state index contributed by atoms with van der Waals surface area (Å²) in [6, 6.07) is 4.32. The topological polar surface area (TPSA) is 41.9 Å². The Hall–Kier alpha value is -1.52. The maximum atomic E-state index is 11.9. The number of methoxy groups -OCH3 is 1. The van der Waals surface area contributed by atoms with Crippen molar-refractivity contribution in [2.75, 3.05) is 20.7 Å². The molecule has 2 heterocycles. The number of nitrogens with zero attached hydrogens (tertiary/aromatic N) is 1. The van der Waals surface area contributed by atoms with Crippen molar-refractivity contribution in [2.45, 2.75) is 48.8 Å². The number of benzene rings is 1. The summed E-state index contributed by atoms with van der Waals surface area (Å²) in [5.41, 5.74) is 2.53. The van der Waals surface area contributed by atoms with Gasteiger partial charge < -0.3 is 19.5 Å². The van der Waals surface area contributed by atoms with Gasteiger partial charge >= 0.3 is 0 Å². The molecule has 2 aliphatic carbocycles. The lowest BCUT2D eigenvalue weighted by Crippen LogP contribution is -2.74. The molecule has 2 fully saturated rings. The Balaban J connectivity index is 1.86. The van der Waals surface area contributed by atoms with Crippen LogP contribution < -0.4 is 9.47 Å². The average Bonchev–Trinajstić information content (AvgIpc) is 2.90. The van der Waals surface area contributed by atoms with Gasteiger partial charge in [-0.3, -0.25) is 0 Å². The third kappa shape index (κ3) is 1.33. The highest BCUT2D eigenvalue weighted by molar-refractivity contribution is 5.64. The van der Waals surface area contributed by atoms with E-state index in [1.54, 1.807) is 7.11 Å². The predicted octanol–water partition coefficient (Wildman–Crippen LogP) is 2.04.